The Bertz CT molecular complexity index is 725. The summed E-state index contributed by atoms with van der Waals surface area (Å²) in [5.74, 6) is 1.05. The quantitative estimate of drug-likeness (QED) is 0.689. The minimum atomic E-state index is 0.178. The van der Waals surface area contributed by atoms with Crippen LogP contribution in [0.2, 0.25) is 0 Å². The molecular weight excluding hydrogens is 246 g/mol. The molecule has 1 heterocycles. The standard InChI is InChI=1S/C18H17NO/c1-3-15(13-8-10-14(20-2)11-9-13)17-12-19-18-7-5-4-6-16(17)18/h3-12,15,19H,1H2,2H3. The molecule has 1 N–H and O–H groups in total. The number of ether oxygens (including phenoxy) is 1. The highest BCUT2D eigenvalue weighted by Gasteiger charge is 2.14. The van der Waals surface area contributed by atoms with Gasteiger partial charge < -0.3 is 9.72 Å². The van der Waals surface area contributed by atoms with Gasteiger partial charge in [0.25, 0.3) is 0 Å². The second-order valence-electron chi connectivity index (χ2n) is 4.78. The fraction of sp³-hybridized carbons (Fsp3) is 0.111. The Kier molecular flexibility index (Phi) is 3.30. The lowest BCUT2D eigenvalue weighted by Gasteiger charge is -2.13. The Morgan fingerprint density at radius 3 is 2.55 bits per heavy atom. The molecule has 0 fully saturated rings. The summed E-state index contributed by atoms with van der Waals surface area (Å²) in [4.78, 5) is 3.32. The fourth-order valence-electron chi connectivity index (χ4n) is 2.61. The summed E-state index contributed by atoms with van der Waals surface area (Å²) in [7, 11) is 1.68. The van der Waals surface area contributed by atoms with E-state index in [9.17, 15) is 0 Å². The van der Waals surface area contributed by atoms with E-state index in [4.69, 9.17) is 4.74 Å². The topological polar surface area (TPSA) is 25.0 Å². The number of allylic oxidation sites excluding steroid dienone is 1. The highest BCUT2D eigenvalue weighted by molar-refractivity contribution is 5.84. The van der Waals surface area contributed by atoms with Gasteiger partial charge in [0.15, 0.2) is 0 Å². The molecule has 1 aromatic heterocycles. The van der Waals surface area contributed by atoms with Crippen molar-refractivity contribution in [3.05, 3.63) is 78.5 Å². The van der Waals surface area contributed by atoms with Crippen LogP contribution in [-0.2, 0) is 0 Å². The van der Waals surface area contributed by atoms with Crippen LogP contribution in [0, 0.1) is 0 Å². The second-order valence-corrected chi connectivity index (χ2v) is 4.78. The van der Waals surface area contributed by atoms with Gasteiger partial charge in [0.1, 0.15) is 5.75 Å². The molecule has 100 valence electrons. The van der Waals surface area contributed by atoms with E-state index in [1.165, 1.54) is 16.5 Å². The number of methoxy groups -OCH3 is 1. The Morgan fingerprint density at radius 1 is 1.10 bits per heavy atom. The van der Waals surface area contributed by atoms with Gasteiger partial charge in [0.2, 0.25) is 0 Å². The number of aromatic nitrogens is 1. The Hall–Kier alpha value is -2.48. The molecule has 1 unspecified atom stereocenters. The SMILES string of the molecule is C=CC(c1ccc(OC)cc1)c1c[nH]c2ccccc12. The summed E-state index contributed by atoms with van der Waals surface area (Å²) >= 11 is 0. The third kappa shape index (κ3) is 2.10. The summed E-state index contributed by atoms with van der Waals surface area (Å²) in [6.45, 7) is 4.00. The fourth-order valence-corrected chi connectivity index (χ4v) is 2.61. The van der Waals surface area contributed by atoms with Gasteiger partial charge in [-0.05, 0) is 29.3 Å². The van der Waals surface area contributed by atoms with Crippen LogP contribution in [0.4, 0.5) is 0 Å². The van der Waals surface area contributed by atoms with E-state index in [1.54, 1.807) is 7.11 Å². The Labute approximate surface area is 118 Å². The number of H-pyrrole nitrogens is 1. The monoisotopic (exact) mass is 263 g/mol. The van der Waals surface area contributed by atoms with E-state index >= 15 is 0 Å². The molecule has 0 aliphatic rings. The molecule has 0 radical (unpaired) electrons. The van der Waals surface area contributed by atoms with E-state index in [2.05, 4.69) is 48.1 Å². The normalized spacial score (nSPS) is 12.2. The van der Waals surface area contributed by atoms with E-state index in [0.717, 1.165) is 11.3 Å². The third-order valence-corrected chi connectivity index (χ3v) is 3.67. The lowest BCUT2D eigenvalue weighted by Crippen LogP contribution is -1.96. The molecule has 2 heteroatoms. The van der Waals surface area contributed by atoms with Gasteiger partial charge in [-0.15, -0.1) is 6.58 Å². The maximum absolute atomic E-state index is 5.21. The molecule has 2 aromatic carbocycles. The van der Waals surface area contributed by atoms with Crippen LogP contribution in [-0.4, -0.2) is 12.1 Å². The van der Waals surface area contributed by atoms with Crippen LogP contribution in [0.5, 0.6) is 5.75 Å². The number of aromatic amines is 1. The van der Waals surface area contributed by atoms with Gasteiger partial charge in [-0.3, -0.25) is 0 Å². The van der Waals surface area contributed by atoms with Crippen LogP contribution in [0.25, 0.3) is 10.9 Å². The highest BCUT2D eigenvalue weighted by atomic mass is 16.5. The van der Waals surface area contributed by atoms with Crippen molar-refractivity contribution in [1.82, 2.24) is 4.98 Å². The molecule has 0 bridgehead atoms. The maximum atomic E-state index is 5.21. The van der Waals surface area contributed by atoms with E-state index < -0.39 is 0 Å². The number of hydrogen-bond acceptors (Lipinski definition) is 1. The first-order valence-corrected chi connectivity index (χ1v) is 6.66. The Balaban J connectivity index is 2.06. The molecule has 0 aliphatic heterocycles. The van der Waals surface area contributed by atoms with Gasteiger partial charge in [0, 0.05) is 23.0 Å². The first kappa shape index (κ1) is 12.5. The minimum Gasteiger partial charge on any atom is -0.497 e. The van der Waals surface area contributed by atoms with Gasteiger partial charge in [-0.1, -0.05) is 36.4 Å². The highest BCUT2D eigenvalue weighted by Crippen LogP contribution is 2.32. The molecule has 1 atom stereocenters. The molecule has 0 aliphatic carbocycles. The molecule has 0 saturated heterocycles. The predicted octanol–water partition coefficient (Wildman–Crippen LogP) is 4.49. The number of benzene rings is 2. The largest absolute Gasteiger partial charge is 0.497 e. The number of fused-ring (bicyclic) bond motifs is 1. The van der Waals surface area contributed by atoms with E-state index in [-0.39, 0.29) is 5.92 Å². The average Bonchev–Trinajstić information content (AvgIpc) is 2.93. The third-order valence-electron chi connectivity index (χ3n) is 3.67. The van der Waals surface area contributed by atoms with Crippen molar-refractivity contribution in [3.63, 3.8) is 0 Å². The molecule has 3 rings (SSSR count). The summed E-state index contributed by atoms with van der Waals surface area (Å²) in [6, 6.07) is 16.5. The average molecular weight is 263 g/mol. The molecule has 2 nitrogen and oxygen atoms in total. The lowest BCUT2D eigenvalue weighted by molar-refractivity contribution is 0.414. The summed E-state index contributed by atoms with van der Waals surface area (Å²) in [6.07, 6.45) is 4.05. The molecule has 0 spiro atoms. The first-order valence-electron chi connectivity index (χ1n) is 6.66. The zero-order valence-corrected chi connectivity index (χ0v) is 11.5. The molecular formula is C18H17NO. The summed E-state index contributed by atoms with van der Waals surface area (Å²) in [5.41, 5.74) is 3.62. The van der Waals surface area contributed by atoms with Crippen LogP contribution >= 0.6 is 0 Å². The van der Waals surface area contributed by atoms with Gasteiger partial charge in [0.05, 0.1) is 7.11 Å². The Morgan fingerprint density at radius 2 is 1.85 bits per heavy atom. The van der Waals surface area contributed by atoms with Crippen LogP contribution in [0.3, 0.4) is 0 Å². The van der Waals surface area contributed by atoms with Gasteiger partial charge in [-0.2, -0.15) is 0 Å². The lowest BCUT2D eigenvalue weighted by atomic mass is 9.91. The van der Waals surface area contributed by atoms with Crippen molar-refractivity contribution < 1.29 is 4.74 Å². The number of rotatable bonds is 4. The van der Waals surface area contributed by atoms with Crippen molar-refractivity contribution in [1.29, 1.82) is 0 Å². The zero-order valence-electron chi connectivity index (χ0n) is 11.5. The predicted molar refractivity (Wildman–Crippen MR) is 83.3 cm³/mol. The van der Waals surface area contributed by atoms with Crippen molar-refractivity contribution in [2.45, 2.75) is 5.92 Å². The molecule has 20 heavy (non-hydrogen) atoms. The first-order chi connectivity index (χ1) is 9.83. The van der Waals surface area contributed by atoms with Crippen molar-refractivity contribution in [2.75, 3.05) is 7.11 Å². The minimum absolute atomic E-state index is 0.178. The number of nitrogens with one attached hydrogen (secondary N) is 1. The summed E-state index contributed by atoms with van der Waals surface area (Å²) in [5, 5.41) is 1.24. The van der Waals surface area contributed by atoms with E-state index in [0.29, 0.717) is 0 Å². The van der Waals surface area contributed by atoms with Crippen LogP contribution in [0.1, 0.15) is 17.0 Å². The van der Waals surface area contributed by atoms with Crippen molar-refractivity contribution in [3.8, 4) is 5.75 Å². The molecule has 3 aromatic rings. The second kappa shape index (κ2) is 5.25. The van der Waals surface area contributed by atoms with Gasteiger partial charge in [-0.25, -0.2) is 0 Å². The zero-order chi connectivity index (χ0) is 13.9. The molecule has 0 saturated carbocycles. The van der Waals surface area contributed by atoms with Crippen LogP contribution in [0.15, 0.2) is 67.4 Å². The van der Waals surface area contributed by atoms with Crippen molar-refractivity contribution >= 4 is 10.9 Å². The number of hydrogen-bond donors (Lipinski definition) is 1. The van der Waals surface area contributed by atoms with E-state index in [1.807, 2.05) is 24.3 Å². The number of para-hydroxylation sites is 1. The smallest absolute Gasteiger partial charge is 0.118 e. The van der Waals surface area contributed by atoms with Crippen LogP contribution < -0.4 is 4.74 Å². The summed E-state index contributed by atoms with van der Waals surface area (Å²) < 4.78 is 5.21. The van der Waals surface area contributed by atoms with Gasteiger partial charge >= 0.3 is 0 Å². The maximum Gasteiger partial charge on any atom is 0.118 e. The molecule has 0 amide bonds. The van der Waals surface area contributed by atoms with Crippen molar-refractivity contribution in [2.24, 2.45) is 0 Å².